The average Bonchev–Trinajstić information content (AvgIpc) is 1.83. The van der Waals surface area contributed by atoms with Gasteiger partial charge in [-0.15, -0.1) is 12.4 Å². The van der Waals surface area contributed by atoms with Gasteiger partial charge in [0.2, 0.25) is 0 Å². The monoisotopic (exact) mass is 224 g/mol. The van der Waals surface area contributed by atoms with Crippen LogP contribution in [0.25, 0.3) is 0 Å². The Hall–Kier alpha value is -0.980. The highest BCUT2D eigenvalue weighted by molar-refractivity contribution is 7.86. The highest BCUT2D eigenvalue weighted by Crippen LogP contribution is 2.19. The molecule has 1 aromatic rings. The van der Waals surface area contributed by atoms with Gasteiger partial charge in [-0.3, -0.25) is 4.55 Å². The second-order valence-corrected chi connectivity index (χ2v) is 3.66. The van der Waals surface area contributed by atoms with Gasteiger partial charge in [-0.25, -0.2) is 0 Å². The fourth-order valence-electron chi connectivity index (χ4n) is 0.802. The molecule has 0 aliphatic rings. The van der Waals surface area contributed by atoms with Gasteiger partial charge < -0.3 is 11.5 Å². The van der Waals surface area contributed by atoms with Gasteiger partial charge in [-0.2, -0.15) is 8.42 Å². The van der Waals surface area contributed by atoms with E-state index < -0.39 is 10.1 Å². The van der Waals surface area contributed by atoms with E-state index in [1.165, 1.54) is 12.1 Å². The van der Waals surface area contributed by atoms with Gasteiger partial charge in [0.1, 0.15) is 4.90 Å². The van der Waals surface area contributed by atoms with Crippen LogP contribution in [0.4, 0.5) is 11.4 Å². The molecule has 74 valence electrons. The minimum atomic E-state index is -4.23. The largest absolute Gasteiger partial charge is 0.399 e. The standard InChI is InChI=1S/C6H8N2O3S.ClH/c7-4-1-2-6(5(8)3-4)12(9,10)11;/h1-3H,7-8H2,(H,9,10,11);1H. The van der Waals surface area contributed by atoms with Crippen molar-refractivity contribution in [2.75, 3.05) is 11.5 Å². The molecule has 0 spiro atoms. The third kappa shape index (κ3) is 2.76. The molecule has 0 aliphatic carbocycles. The maximum atomic E-state index is 10.6. The number of hydrogen-bond donors (Lipinski definition) is 3. The van der Waals surface area contributed by atoms with Crippen LogP contribution in [0.3, 0.4) is 0 Å². The van der Waals surface area contributed by atoms with Crippen molar-refractivity contribution in [3.05, 3.63) is 18.2 Å². The van der Waals surface area contributed by atoms with Gasteiger partial charge in [-0.1, -0.05) is 0 Å². The number of halogens is 1. The lowest BCUT2D eigenvalue weighted by molar-refractivity contribution is 0.483. The third-order valence-corrected chi connectivity index (χ3v) is 2.24. The summed E-state index contributed by atoms with van der Waals surface area (Å²) in [6.07, 6.45) is 0. The van der Waals surface area contributed by atoms with Crippen molar-refractivity contribution >= 4 is 33.9 Å². The lowest BCUT2D eigenvalue weighted by Crippen LogP contribution is -2.03. The van der Waals surface area contributed by atoms with Gasteiger partial charge in [0.05, 0.1) is 5.69 Å². The molecule has 5 nitrogen and oxygen atoms in total. The van der Waals surface area contributed by atoms with E-state index in [1.54, 1.807) is 0 Å². The SMILES string of the molecule is Cl.Nc1ccc(S(=O)(=O)O)c(N)c1. The fourth-order valence-corrected chi connectivity index (χ4v) is 1.40. The molecule has 13 heavy (non-hydrogen) atoms. The fraction of sp³-hybridized carbons (Fsp3) is 0. The van der Waals surface area contributed by atoms with Crippen LogP contribution in [0.5, 0.6) is 0 Å². The zero-order valence-electron chi connectivity index (χ0n) is 6.47. The molecule has 1 rings (SSSR count). The summed E-state index contributed by atoms with van der Waals surface area (Å²) in [5.41, 5.74) is 10.9. The summed E-state index contributed by atoms with van der Waals surface area (Å²) in [7, 11) is -4.23. The van der Waals surface area contributed by atoms with Crippen LogP contribution in [0.1, 0.15) is 0 Å². The summed E-state index contributed by atoms with van der Waals surface area (Å²) in [6, 6.07) is 3.77. The number of hydrogen-bond acceptors (Lipinski definition) is 4. The lowest BCUT2D eigenvalue weighted by Gasteiger charge is -2.01. The normalized spacial score (nSPS) is 10.5. The minimum absolute atomic E-state index is 0. The Balaban J connectivity index is 0.00000144. The molecular formula is C6H9ClN2O3S. The summed E-state index contributed by atoms with van der Waals surface area (Å²) in [6.45, 7) is 0. The van der Waals surface area contributed by atoms with Crippen LogP contribution in [0.15, 0.2) is 23.1 Å². The molecule has 0 aromatic heterocycles. The van der Waals surface area contributed by atoms with Crippen molar-refractivity contribution in [1.82, 2.24) is 0 Å². The van der Waals surface area contributed by atoms with Crippen molar-refractivity contribution in [2.45, 2.75) is 4.90 Å². The van der Waals surface area contributed by atoms with Crippen molar-refractivity contribution < 1.29 is 13.0 Å². The molecule has 0 heterocycles. The second-order valence-electron chi connectivity index (χ2n) is 2.27. The van der Waals surface area contributed by atoms with Crippen LogP contribution < -0.4 is 11.5 Å². The highest BCUT2D eigenvalue weighted by Gasteiger charge is 2.12. The zero-order valence-corrected chi connectivity index (χ0v) is 8.10. The predicted molar refractivity (Wildman–Crippen MR) is 52.3 cm³/mol. The Kier molecular flexibility index (Phi) is 3.53. The Labute approximate surface area is 81.9 Å². The first-order valence-corrected chi connectivity index (χ1v) is 4.48. The molecule has 0 bridgehead atoms. The van der Waals surface area contributed by atoms with Crippen LogP contribution in [-0.4, -0.2) is 13.0 Å². The lowest BCUT2D eigenvalue weighted by atomic mass is 10.3. The van der Waals surface area contributed by atoms with Crippen molar-refractivity contribution in [1.29, 1.82) is 0 Å². The van der Waals surface area contributed by atoms with E-state index in [-0.39, 0.29) is 23.0 Å². The molecule has 7 heteroatoms. The van der Waals surface area contributed by atoms with Crippen LogP contribution in [-0.2, 0) is 10.1 Å². The van der Waals surface area contributed by atoms with Gasteiger partial charge in [-0.05, 0) is 18.2 Å². The maximum Gasteiger partial charge on any atom is 0.296 e. The van der Waals surface area contributed by atoms with Crippen molar-refractivity contribution in [3.63, 3.8) is 0 Å². The van der Waals surface area contributed by atoms with E-state index in [1.807, 2.05) is 0 Å². The Bertz CT molecular complexity index is 404. The third-order valence-electron chi connectivity index (χ3n) is 1.31. The number of nitrogens with two attached hydrogens (primary N) is 2. The first-order valence-electron chi connectivity index (χ1n) is 3.04. The van der Waals surface area contributed by atoms with Gasteiger partial charge in [0.25, 0.3) is 10.1 Å². The smallest absolute Gasteiger partial charge is 0.296 e. The van der Waals surface area contributed by atoms with Crippen molar-refractivity contribution in [2.24, 2.45) is 0 Å². The number of anilines is 2. The summed E-state index contributed by atoms with van der Waals surface area (Å²) < 4.78 is 29.8. The Morgan fingerprint density at radius 2 is 1.77 bits per heavy atom. The first kappa shape index (κ1) is 12.0. The molecule has 0 atom stereocenters. The molecule has 5 N–H and O–H groups in total. The predicted octanol–water partition coefficient (Wildman–Crippen LogP) is 0.520. The maximum absolute atomic E-state index is 10.6. The zero-order chi connectivity index (χ0) is 9.35. The molecule has 0 amide bonds. The highest BCUT2D eigenvalue weighted by atomic mass is 35.5. The minimum Gasteiger partial charge on any atom is -0.399 e. The van der Waals surface area contributed by atoms with Crippen LogP contribution >= 0.6 is 12.4 Å². The van der Waals surface area contributed by atoms with E-state index >= 15 is 0 Å². The first-order chi connectivity index (χ1) is 5.41. The van der Waals surface area contributed by atoms with E-state index in [0.29, 0.717) is 5.69 Å². The van der Waals surface area contributed by atoms with Crippen molar-refractivity contribution in [3.8, 4) is 0 Å². The van der Waals surface area contributed by atoms with E-state index in [2.05, 4.69) is 0 Å². The van der Waals surface area contributed by atoms with E-state index in [0.717, 1.165) is 6.07 Å². The second kappa shape index (κ2) is 3.82. The molecule has 0 fully saturated rings. The molecule has 0 saturated carbocycles. The molecule has 0 radical (unpaired) electrons. The van der Waals surface area contributed by atoms with Gasteiger partial charge in [0.15, 0.2) is 0 Å². The molecule has 1 aromatic carbocycles. The number of nitrogen functional groups attached to an aromatic ring is 2. The quantitative estimate of drug-likeness (QED) is 0.476. The molecular weight excluding hydrogens is 216 g/mol. The Morgan fingerprint density at radius 3 is 2.15 bits per heavy atom. The summed E-state index contributed by atoms with van der Waals surface area (Å²) in [5.74, 6) is 0. The Morgan fingerprint density at radius 1 is 1.23 bits per heavy atom. The number of benzene rings is 1. The average molecular weight is 225 g/mol. The van der Waals surface area contributed by atoms with E-state index in [9.17, 15) is 8.42 Å². The van der Waals surface area contributed by atoms with Gasteiger partial charge in [0, 0.05) is 5.69 Å². The molecule has 0 saturated heterocycles. The molecule has 0 aliphatic heterocycles. The van der Waals surface area contributed by atoms with Crippen LogP contribution in [0, 0.1) is 0 Å². The number of rotatable bonds is 1. The summed E-state index contributed by atoms with van der Waals surface area (Å²) >= 11 is 0. The molecule has 0 unspecified atom stereocenters. The van der Waals surface area contributed by atoms with Gasteiger partial charge >= 0.3 is 0 Å². The van der Waals surface area contributed by atoms with Crippen LogP contribution in [0.2, 0.25) is 0 Å². The van der Waals surface area contributed by atoms with E-state index in [4.69, 9.17) is 16.0 Å². The summed E-state index contributed by atoms with van der Waals surface area (Å²) in [5, 5.41) is 0. The topological polar surface area (TPSA) is 106 Å². The summed E-state index contributed by atoms with van der Waals surface area (Å²) in [4.78, 5) is -0.322.